The Hall–Kier alpha value is -2.75. The number of carbonyl (C=O) groups is 1. The summed E-state index contributed by atoms with van der Waals surface area (Å²) >= 11 is 1.45. The van der Waals surface area contributed by atoms with E-state index in [1.54, 1.807) is 18.2 Å². The van der Waals surface area contributed by atoms with Gasteiger partial charge in [0.1, 0.15) is 6.33 Å². The number of H-pyrrole nitrogens is 1. The molecule has 0 aliphatic carbocycles. The molecule has 0 spiro atoms. The molecule has 0 saturated heterocycles. The van der Waals surface area contributed by atoms with E-state index in [0.29, 0.717) is 17.5 Å². The number of halogens is 2. The molecule has 0 radical (unpaired) electrons. The van der Waals surface area contributed by atoms with E-state index in [2.05, 4.69) is 10.2 Å². The van der Waals surface area contributed by atoms with Crippen LogP contribution in [0, 0.1) is 0 Å². The summed E-state index contributed by atoms with van der Waals surface area (Å²) in [6.07, 6.45) is 2.11. The number of carbonyl (C=O) groups excluding carboxylic acids is 1. The van der Waals surface area contributed by atoms with Gasteiger partial charge in [0.2, 0.25) is 0 Å². The summed E-state index contributed by atoms with van der Waals surface area (Å²) in [5, 5.41) is 6.13. The minimum atomic E-state index is -0.445. The van der Waals surface area contributed by atoms with E-state index < -0.39 is 12.0 Å². The van der Waals surface area contributed by atoms with Gasteiger partial charge >= 0.3 is 11.7 Å². The summed E-state index contributed by atoms with van der Waals surface area (Å²) in [6.45, 7) is 0.0546. The first-order chi connectivity index (χ1) is 13.6. The lowest BCUT2D eigenvalue weighted by Crippen LogP contribution is -2.23. The fourth-order valence-electron chi connectivity index (χ4n) is 2.84. The molecule has 1 aromatic carbocycles. The minimum Gasteiger partial charge on any atom is -0.465 e. The number of aromatic nitrogens is 3. The fourth-order valence-corrected chi connectivity index (χ4v) is 3.94. The molecule has 2 aromatic heterocycles. The smallest absolute Gasteiger partial charge is 0.343 e. The fraction of sp³-hybridized carbons (Fsp3) is 0.211. The number of methoxy groups -OCH3 is 1. The molecule has 29 heavy (non-hydrogen) atoms. The highest BCUT2D eigenvalue weighted by Crippen LogP contribution is 2.35. The molecule has 154 valence electrons. The maximum Gasteiger partial charge on any atom is 0.343 e. The number of thiophene rings is 1. The highest BCUT2D eigenvalue weighted by atomic mass is 35.5. The van der Waals surface area contributed by atoms with Gasteiger partial charge in [0.15, 0.2) is 0 Å². The van der Waals surface area contributed by atoms with Crippen molar-refractivity contribution in [3.8, 4) is 10.4 Å². The lowest BCUT2D eigenvalue weighted by molar-refractivity contribution is 0.0601. The summed E-state index contributed by atoms with van der Waals surface area (Å²) in [5.41, 5.74) is 6.89. The number of nitrogens with zero attached hydrogens (tertiary/aromatic N) is 2. The van der Waals surface area contributed by atoms with Crippen LogP contribution in [0.4, 0.5) is 4.39 Å². The lowest BCUT2D eigenvalue weighted by Gasteiger charge is -2.16. The Kier molecular flexibility index (Phi) is 7.89. The van der Waals surface area contributed by atoms with E-state index in [1.165, 1.54) is 29.3 Å². The molecule has 0 aliphatic rings. The maximum absolute atomic E-state index is 13.1. The van der Waals surface area contributed by atoms with Gasteiger partial charge in [0, 0.05) is 16.3 Å². The van der Waals surface area contributed by atoms with Gasteiger partial charge in [0.05, 0.1) is 25.0 Å². The van der Waals surface area contributed by atoms with Crippen molar-refractivity contribution in [2.75, 3.05) is 13.7 Å². The van der Waals surface area contributed by atoms with Crippen LogP contribution in [-0.4, -0.2) is 34.4 Å². The standard InChI is InChI=1S/C19H19FN4O3S.ClH/c1-27-18(25)14-4-2-3-13(8-14)16-5-6-17(28-16)15(7-12(9-20)10-21)24-11-22-23-19(24)26;/h2-6,8-9,11,15H,7,10,21H2,1H3,(H,23,26);1H/b12-9+;. The van der Waals surface area contributed by atoms with Crippen molar-refractivity contribution in [2.24, 2.45) is 5.73 Å². The van der Waals surface area contributed by atoms with Crippen molar-refractivity contribution in [3.63, 3.8) is 0 Å². The Bertz CT molecular complexity index is 1060. The van der Waals surface area contributed by atoms with Crippen molar-refractivity contribution in [1.29, 1.82) is 0 Å². The Morgan fingerprint density at radius 1 is 1.41 bits per heavy atom. The van der Waals surface area contributed by atoms with Crippen LogP contribution < -0.4 is 11.4 Å². The Balaban J connectivity index is 0.00000300. The number of benzene rings is 1. The number of rotatable bonds is 7. The van der Waals surface area contributed by atoms with Crippen molar-refractivity contribution >= 4 is 29.7 Å². The molecule has 1 unspecified atom stereocenters. The highest BCUT2D eigenvalue weighted by Gasteiger charge is 2.20. The van der Waals surface area contributed by atoms with E-state index in [9.17, 15) is 14.0 Å². The maximum atomic E-state index is 13.1. The Morgan fingerprint density at radius 2 is 2.21 bits per heavy atom. The van der Waals surface area contributed by atoms with E-state index >= 15 is 0 Å². The zero-order chi connectivity index (χ0) is 20.1. The third-order valence-corrected chi connectivity index (χ3v) is 5.54. The van der Waals surface area contributed by atoms with Crippen molar-refractivity contribution in [1.82, 2.24) is 14.8 Å². The summed E-state index contributed by atoms with van der Waals surface area (Å²) in [4.78, 5) is 25.6. The number of nitrogens with one attached hydrogen (secondary N) is 1. The van der Waals surface area contributed by atoms with Gasteiger partial charge in [-0.25, -0.2) is 19.1 Å². The molecule has 7 nitrogen and oxygen atoms in total. The molecule has 3 N–H and O–H groups in total. The van der Waals surface area contributed by atoms with Gasteiger partial charge in [-0.3, -0.25) is 4.57 Å². The largest absolute Gasteiger partial charge is 0.465 e. The normalized spacial score (nSPS) is 12.3. The number of ether oxygens (including phenoxy) is 1. The van der Waals surface area contributed by atoms with Crippen LogP contribution in [0.3, 0.4) is 0 Å². The molecule has 0 amide bonds. The predicted molar refractivity (Wildman–Crippen MR) is 112 cm³/mol. The number of hydrogen-bond acceptors (Lipinski definition) is 6. The summed E-state index contributed by atoms with van der Waals surface area (Å²) in [5.74, 6) is -0.415. The van der Waals surface area contributed by atoms with E-state index in [0.717, 1.165) is 15.3 Å². The molecule has 10 heteroatoms. The molecular weight excluding hydrogens is 419 g/mol. The predicted octanol–water partition coefficient (Wildman–Crippen LogP) is 3.30. The average Bonchev–Trinajstić information content (AvgIpc) is 3.38. The quantitative estimate of drug-likeness (QED) is 0.551. The highest BCUT2D eigenvalue weighted by molar-refractivity contribution is 7.15. The molecule has 0 bridgehead atoms. The van der Waals surface area contributed by atoms with Crippen LogP contribution >= 0.6 is 23.7 Å². The molecular formula is C19H20ClFN4O3S. The lowest BCUT2D eigenvalue weighted by atomic mass is 10.1. The SMILES string of the molecule is COC(=O)c1cccc(-c2ccc(C(C/C(=C\F)CN)n3cn[nH]c3=O)s2)c1.Cl. The molecule has 2 heterocycles. The van der Waals surface area contributed by atoms with Crippen molar-refractivity contribution < 1.29 is 13.9 Å². The number of nitrogens with two attached hydrogens (primary N) is 1. The van der Waals surface area contributed by atoms with Gasteiger partial charge < -0.3 is 10.5 Å². The molecule has 0 saturated carbocycles. The Labute approximate surface area is 176 Å². The second-order valence-corrected chi connectivity index (χ2v) is 7.15. The van der Waals surface area contributed by atoms with Crippen LogP contribution in [-0.2, 0) is 4.74 Å². The van der Waals surface area contributed by atoms with Gasteiger partial charge in [-0.1, -0.05) is 12.1 Å². The minimum absolute atomic E-state index is 0. The molecule has 3 aromatic rings. The van der Waals surface area contributed by atoms with Crippen molar-refractivity contribution in [3.05, 3.63) is 75.6 Å². The van der Waals surface area contributed by atoms with Crippen LogP contribution in [0.2, 0.25) is 0 Å². The zero-order valence-corrected chi connectivity index (χ0v) is 17.1. The summed E-state index contributed by atoms with van der Waals surface area (Å²) in [6, 6.07) is 10.4. The zero-order valence-electron chi connectivity index (χ0n) is 15.5. The van der Waals surface area contributed by atoms with Gasteiger partial charge in [-0.2, -0.15) is 5.10 Å². The number of hydrogen-bond donors (Lipinski definition) is 2. The first kappa shape index (κ1) is 22.5. The van der Waals surface area contributed by atoms with Gasteiger partial charge in [-0.05, 0) is 41.8 Å². The second kappa shape index (κ2) is 10.1. The second-order valence-electron chi connectivity index (χ2n) is 6.03. The Morgan fingerprint density at radius 3 is 2.83 bits per heavy atom. The van der Waals surface area contributed by atoms with E-state index in [4.69, 9.17) is 10.5 Å². The van der Waals surface area contributed by atoms with Crippen LogP contribution in [0.1, 0.15) is 27.7 Å². The van der Waals surface area contributed by atoms with Gasteiger partial charge in [-0.15, -0.1) is 23.7 Å². The van der Waals surface area contributed by atoms with Gasteiger partial charge in [0.25, 0.3) is 0 Å². The van der Waals surface area contributed by atoms with Crippen LogP contribution in [0.5, 0.6) is 0 Å². The molecule has 1 atom stereocenters. The molecule has 0 aliphatic heterocycles. The first-order valence-electron chi connectivity index (χ1n) is 8.45. The molecule has 3 rings (SSSR count). The average molecular weight is 439 g/mol. The van der Waals surface area contributed by atoms with E-state index in [1.807, 2.05) is 18.2 Å². The number of aromatic amines is 1. The third kappa shape index (κ3) is 5.00. The van der Waals surface area contributed by atoms with Crippen LogP contribution in [0.25, 0.3) is 10.4 Å². The molecule has 0 fully saturated rings. The van der Waals surface area contributed by atoms with Crippen LogP contribution in [0.15, 0.2) is 59.4 Å². The number of esters is 1. The summed E-state index contributed by atoms with van der Waals surface area (Å²) in [7, 11) is 1.33. The van der Waals surface area contributed by atoms with E-state index in [-0.39, 0.29) is 31.1 Å². The summed E-state index contributed by atoms with van der Waals surface area (Å²) < 4.78 is 19.3. The first-order valence-corrected chi connectivity index (χ1v) is 9.27. The topological polar surface area (TPSA) is 103 Å². The van der Waals surface area contributed by atoms with Crippen molar-refractivity contribution in [2.45, 2.75) is 12.5 Å². The monoisotopic (exact) mass is 438 g/mol. The third-order valence-electron chi connectivity index (χ3n) is 4.31.